The summed E-state index contributed by atoms with van der Waals surface area (Å²) >= 11 is 0. The van der Waals surface area contributed by atoms with Crippen LogP contribution in [0.5, 0.6) is 0 Å². The molecule has 0 bridgehead atoms. The third-order valence-corrected chi connectivity index (χ3v) is 5.84. The lowest BCUT2D eigenvalue weighted by atomic mass is 10.1. The summed E-state index contributed by atoms with van der Waals surface area (Å²) in [6.45, 7) is 1.54. The number of fused-ring (bicyclic) bond motifs is 1. The van der Waals surface area contributed by atoms with Crippen LogP contribution in [0.25, 0.3) is 5.65 Å². The second-order valence-corrected chi connectivity index (χ2v) is 8.40. The van der Waals surface area contributed by atoms with Gasteiger partial charge in [0, 0.05) is 31.3 Å². The van der Waals surface area contributed by atoms with Crippen molar-refractivity contribution in [2.45, 2.75) is 44.6 Å². The van der Waals surface area contributed by atoms with Crippen molar-refractivity contribution in [2.75, 3.05) is 13.7 Å². The molecule has 3 aromatic heterocycles. The zero-order valence-electron chi connectivity index (χ0n) is 18.2. The second-order valence-electron chi connectivity index (χ2n) is 8.40. The molecule has 1 N–H and O–H groups in total. The van der Waals surface area contributed by atoms with Gasteiger partial charge in [-0.1, -0.05) is 36.4 Å². The standard InChI is InChI=1S/C25H28N4O3/c1-31-10-9-20-11-21(19-7-8-19)13-28-15-23(27-24(20)28)16-29-14-22(12-26-29)25(30)32-17-18-5-3-2-4-6-18/h2-6,11-15,19,25,30H,7-10,16-17H2,1H3. The third kappa shape index (κ3) is 4.75. The van der Waals surface area contributed by atoms with Crippen molar-refractivity contribution in [3.05, 3.63) is 89.1 Å². The van der Waals surface area contributed by atoms with Crippen LogP contribution in [-0.2, 0) is 29.0 Å². The van der Waals surface area contributed by atoms with Gasteiger partial charge >= 0.3 is 0 Å². The van der Waals surface area contributed by atoms with Crippen molar-refractivity contribution in [1.82, 2.24) is 19.2 Å². The van der Waals surface area contributed by atoms with Crippen molar-refractivity contribution in [3.63, 3.8) is 0 Å². The maximum atomic E-state index is 10.4. The topological polar surface area (TPSA) is 73.8 Å². The number of aliphatic hydroxyl groups is 1. The molecule has 1 fully saturated rings. The maximum Gasteiger partial charge on any atom is 0.184 e. The number of benzene rings is 1. The minimum absolute atomic E-state index is 0.340. The highest BCUT2D eigenvalue weighted by Gasteiger charge is 2.25. The van der Waals surface area contributed by atoms with Crippen LogP contribution in [0.4, 0.5) is 0 Å². The van der Waals surface area contributed by atoms with Crippen LogP contribution >= 0.6 is 0 Å². The molecule has 7 heteroatoms. The molecular weight excluding hydrogens is 404 g/mol. The van der Waals surface area contributed by atoms with Crippen LogP contribution in [0, 0.1) is 0 Å². The first-order valence-electron chi connectivity index (χ1n) is 11.0. The van der Waals surface area contributed by atoms with Crippen LogP contribution in [0.3, 0.4) is 0 Å². The second kappa shape index (κ2) is 9.24. The summed E-state index contributed by atoms with van der Waals surface area (Å²) < 4.78 is 14.8. The van der Waals surface area contributed by atoms with E-state index in [0.717, 1.165) is 23.3 Å². The van der Waals surface area contributed by atoms with E-state index >= 15 is 0 Å². The summed E-state index contributed by atoms with van der Waals surface area (Å²) in [4.78, 5) is 4.86. The van der Waals surface area contributed by atoms with Crippen LogP contribution in [-0.4, -0.2) is 38.0 Å². The summed E-state index contributed by atoms with van der Waals surface area (Å²) in [7, 11) is 1.73. The number of rotatable bonds is 10. The van der Waals surface area contributed by atoms with E-state index in [9.17, 15) is 5.11 Å². The zero-order valence-corrected chi connectivity index (χ0v) is 18.2. The number of aromatic nitrogens is 4. The summed E-state index contributed by atoms with van der Waals surface area (Å²) in [5, 5.41) is 14.8. The van der Waals surface area contributed by atoms with E-state index in [-0.39, 0.29) is 0 Å². The Bertz CT molecular complexity index is 1180. The Kier molecular flexibility index (Phi) is 6.03. The molecule has 32 heavy (non-hydrogen) atoms. The van der Waals surface area contributed by atoms with Crippen LogP contribution < -0.4 is 0 Å². The maximum absolute atomic E-state index is 10.4. The van der Waals surface area contributed by atoms with Crippen molar-refractivity contribution in [1.29, 1.82) is 0 Å². The van der Waals surface area contributed by atoms with E-state index in [1.807, 2.05) is 30.3 Å². The average Bonchev–Trinajstić information content (AvgIpc) is 3.43. The Morgan fingerprint density at radius 2 is 2.00 bits per heavy atom. The lowest BCUT2D eigenvalue weighted by Crippen LogP contribution is -2.03. The summed E-state index contributed by atoms with van der Waals surface area (Å²) in [6.07, 6.45) is 10.1. The van der Waals surface area contributed by atoms with Gasteiger partial charge in [-0.3, -0.25) is 4.68 Å². The molecule has 0 aliphatic heterocycles. The van der Waals surface area contributed by atoms with Gasteiger partial charge in [0.25, 0.3) is 0 Å². The quantitative estimate of drug-likeness (QED) is 0.385. The Morgan fingerprint density at radius 1 is 1.16 bits per heavy atom. The zero-order chi connectivity index (χ0) is 21.9. The molecule has 5 rings (SSSR count). The molecule has 1 unspecified atom stereocenters. The summed E-state index contributed by atoms with van der Waals surface area (Å²) in [5.41, 5.74) is 6.13. The van der Waals surface area contributed by atoms with E-state index in [4.69, 9.17) is 14.5 Å². The summed E-state index contributed by atoms with van der Waals surface area (Å²) in [5.74, 6) is 0.678. The van der Waals surface area contributed by atoms with Gasteiger partial charge < -0.3 is 19.0 Å². The first kappa shape index (κ1) is 20.9. The SMILES string of the molecule is COCCc1cc(C2CC2)cn2cc(Cn3cc(C(O)OCc4ccccc4)cn3)nc12. The molecular formula is C25H28N4O3. The molecule has 1 saturated carbocycles. The molecule has 1 aromatic carbocycles. The first-order valence-corrected chi connectivity index (χ1v) is 11.0. The number of aliphatic hydroxyl groups excluding tert-OH is 1. The van der Waals surface area contributed by atoms with Gasteiger partial charge in [-0.25, -0.2) is 4.98 Å². The van der Waals surface area contributed by atoms with Gasteiger partial charge in [0.2, 0.25) is 0 Å². The fourth-order valence-electron chi connectivity index (χ4n) is 3.96. The molecule has 0 saturated heterocycles. The fraction of sp³-hybridized carbons (Fsp3) is 0.360. The number of hydrogen-bond acceptors (Lipinski definition) is 5. The third-order valence-electron chi connectivity index (χ3n) is 5.84. The number of imidazole rings is 1. The van der Waals surface area contributed by atoms with E-state index in [1.165, 1.54) is 24.0 Å². The van der Waals surface area contributed by atoms with Crippen LogP contribution in [0.1, 0.15) is 53.0 Å². The van der Waals surface area contributed by atoms with E-state index in [1.54, 1.807) is 24.2 Å². The average molecular weight is 433 g/mol. The fourth-order valence-corrected chi connectivity index (χ4v) is 3.96. The minimum atomic E-state index is -1.02. The number of ether oxygens (including phenoxy) is 2. The lowest BCUT2D eigenvalue weighted by Gasteiger charge is -2.09. The molecule has 7 nitrogen and oxygen atoms in total. The van der Waals surface area contributed by atoms with Crippen molar-refractivity contribution >= 4 is 5.65 Å². The van der Waals surface area contributed by atoms with Crippen molar-refractivity contribution in [3.8, 4) is 0 Å². The van der Waals surface area contributed by atoms with Gasteiger partial charge in [0.1, 0.15) is 5.65 Å². The van der Waals surface area contributed by atoms with Crippen LogP contribution in [0.15, 0.2) is 61.2 Å². The molecule has 166 valence electrons. The molecule has 0 spiro atoms. The predicted octanol–water partition coefficient (Wildman–Crippen LogP) is 3.85. The van der Waals surface area contributed by atoms with Gasteiger partial charge in [-0.2, -0.15) is 5.10 Å². The molecule has 0 amide bonds. The molecule has 4 aromatic rings. The Balaban J connectivity index is 1.29. The smallest absolute Gasteiger partial charge is 0.184 e. The molecule has 1 aliphatic rings. The number of pyridine rings is 1. The van der Waals surface area contributed by atoms with E-state index in [2.05, 4.69) is 28.0 Å². The van der Waals surface area contributed by atoms with Gasteiger partial charge in [-0.15, -0.1) is 0 Å². The van der Waals surface area contributed by atoms with E-state index in [0.29, 0.717) is 31.2 Å². The Hall–Kier alpha value is -3.00. The predicted molar refractivity (Wildman–Crippen MR) is 120 cm³/mol. The number of methoxy groups -OCH3 is 1. The molecule has 1 atom stereocenters. The Morgan fingerprint density at radius 3 is 2.78 bits per heavy atom. The van der Waals surface area contributed by atoms with E-state index < -0.39 is 6.29 Å². The van der Waals surface area contributed by atoms with Gasteiger partial charge in [-0.05, 0) is 41.9 Å². The number of nitrogens with zero attached hydrogens (tertiary/aromatic N) is 4. The van der Waals surface area contributed by atoms with Gasteiger partial charge in [0.15, 0.2) is 6.29 Å². The molecule has 1 aliphatic carbocycles. The van der Waals surface area contributed by atoms with Crippen LogP contribution in [0.2, 0.25) is 0 Å². The number of hydrogen-bond donors (Lipinski definition) is 1. The lowest BCUT2D eigenvalue weighted by molar-refractivity contribution is -0.112. The highest BCUT2D eigenvalue weighted by molar-refractivity contribution is 5.51. The highest BCUT2D eigenvalue weighted by Crippen LogP contribution is 2.40. The highest BCUT2D eigenvalue weighted by atomic mass is 16.6. The largest absolute Gasteiger partial charge is 0.384 e. The van der Waals surface area contributed by atoms with Crippen molar-refractivity contribution < 1.29 is 14.6 Å². The summed E-state index contributed by atoms with van der Waals surface area (Å²) in [6, 6.07) is 12.1. The minimum Gasteiger partial charge on any atom is -0.384 e. The Labute approximate surface area is 187 Å². The van der Waals surface area contributed by atoms with Crippen molar-refractivity contribution in [2.24, 2.45) is 0 Å². The van der Waals surface area contributed by atoms with Gasteiger partial charge in [0.05, 0.1) is 31.6 Å². The monoisotopic (exact) mass is 432 g/mol. The normalized spacial score (nSPS) is 14.8. The molecule has 3 heterocycles. The molecule has 0 radical (unpaired) electrons. The first-order chi connectivity index (χ1) is 15.7.